The molecule has 0 spiro atoms. The van der Waals surface area contributed by atoms with Crippen LogP contribution < -0.4 is 4.90 Å². The van der Waals surface area contributed by atoms with Crippen molar-refractivity contribution in [3.05, 3.63) is 17.6 Å². The summed E-state index contributed by atoms with van der Waals surface area (Å²) in [5, 5.41) is 4.23. The fourth-order valence-electron chi connectivity index (χ4n) is 2.71. The Labute approximate surface area is 123 Å². The normalized spacial score (nSPS) is 20.9. The molecule has 0 radical (unpaired) electrons. The van der Waals surface area contributed by atoms with Crippen molar-refractivity contribution >= 4 is 21.4 Å². The third-order valence-corrected chi connectivity index (χ3v) is 6.75. The third kappa shape index (κ3) is 2.08. The van der Waals surface area contributed by atoms with Crippen LogP contribution in [-0.4, -0.2) is 51.6 Å². The molecule has 1 fully saturated rings. The summed E-state index contributed by atoms with van der Waals surface area (Å²) < 4.78 is 25.3. The molecule has 2 aromatic rings. The van der Waals surface area contributed by atoms with Crippen LogP contribution in [0, 0.1) is 13.8 Å². The number of aryl methyl sites for hydroxylation is 1. The van der Waals surface area contributed by atoms with Gasteiger partial charge in [-0.3, -0.25) is 0 Å². The van der Waals surface area contributed by atoms with E-state index in [2.05, 4.69) is 20.0 Å². The summed E-state index contributed by atoms with van der Waals surface area (Å²) in [6.45, 7) is 8.36. The Morgan fingerprint density at radius 1 is 1.29 bits per heavy atom. The maximum Gasteiger partial charge on any atom is 0.254 e. The number of aromatic nitrogens is 4. The molecule has 0 aromatic carbocycles. The topological polar surface area (TPSA) is 80.5 Å². The Balaban J connectivity index is 2.14. The molecule has 0 N–H and O–H groups in total. The van der Waals surface area contributed by atoms with Crippen LogP contribution >= 0.6 is 0 Å². The van der Waals surface area contributed by atoms with Crippen molar-refractivity contribution in [3.63, 3.8) is 0 Å². The van der Waals surface area contributed by atoms with Crippen molar-refractivity contribution in [3.8, 4) is 0 Å². The smallest absolute Gasteiger partial charge is 0.254 e. The first-order chi connectivity index (χ1) is 9.73. The standard InChI is InChI=1S/C13H19N5O2S/c1-9-10(2)16-12-14-8-15-18(12)11(9)17-5-6-21(19,20)13(3,4)7-17/h8H,5-7H2,1-4H3. The molecule has 1 saturated heterocycles. The van der Waals surface area contributed by atoms with Gasteiger partial charge in [0.05, 0.1) is 10.5 Å². The Kier molecular flexibility index (Phi) is 2.98. The number of anilines is 1. The summed E-state index contributed by atoms with van der Waals surface area (Å²) in [5.41, 5.74) is 1.89. The minimum atomic E-state index is -3.07. The van der Waals surface area contributed by atoms with Crippen molar-refractivity contribution in [1.29, 1.82) is 0 Å². The van der Waals surface area contributed by atoms with E-state index < -0.39 is 14.6 Å². The SMILES string of the molecule is Cc1nc2ncnn2c(N2CCS(=O)(=O)C(C)(C)C2)c1C. The highest BCUT2D eigenvalue weighted by Crippen LogP contribution is 2.30. The molecule has 0 saturated carbocycles. The van der Waals surface area contributed by atoms with Gasteiger partial charge in [-0.15, -0.1) is 0 Å². The van der Waals surface area contributed by atoms with E-state index in [9.17, 15) is 8.42 Å². The van der Waals surface area contributed by atoms with E-state index in [1.54, 1.807) is 18.4 Å². The fourth-order valence-corrected chi connectivity index (χ4v) is 4.08. The molecule has 7 nitrogen and oxygen atoms in total. The summed E-state index contributed by atoms with van der Waals surface area (Å²) in [7, 11) is -3.07. The zero-order valence-electron chi connectivity index (χ0n) is 12.7. The molecule has 21 heavy (non-hydrogen) atoms. The van der Waals surface area contributed by atoms with E-state index in [4.69, 9.17) is 0 Å². The molecule has 0 aliphatic carbocycles. The molecule has 0 atom stereocenters. The average molecular weight is 309 g/mol. The Morgan fingerprint density at radius 3 is 2.67 bits per heavy atom. The number of sulfone groups is 1. The molecule has 0 bridgehead atoms. The van der Waals surface area contributed by atoms with E-state index in [-0.39, 0.29) is 5.75 Å². The van der Waals surface area contributed by atoms with Gasteiger partial charge in [0.1, 0.15) is 12.1 Å². The van der Waals surface area contributed by atoms with Gasteiger partial charge in [0.25, 0.3) is 5.78 Å². The van der Waals surface area contributed by atoms with Crippen LogP contribution in [0.5, 0.6) is 0 Å². The summed E-state index contributed by atoms with van der Waals surface area (Å²) in [6.07, 6.45) is 1.47. The predicted molar refractivity (Wildman–Crippen MR) is 80.3 cm³/mol. The highest BCUT2D eigenvalue weighted by Gasteiger charge is 2.41. The lowest BCUT2D eigenvalue weighted by atomic mass is 10.1. The van der Waals surface area contributed by atoms with Gasteiger partial charge in [-0.25, -0.2) is 13.4 Å². The van der Waals surface area contributed by atoms with Gasteiger partial charge in [0.2, 0.25) is 0 Å². The van der Waals surface area contributed by atoms with E-state index in [1.165, 1.54) is 6.33 Å². The highest BCUT2D eigenvalue weighted by atomic mass is 32.2. The number of nitrogens with zero attached hydrogens (tertiary/aromatic N) is 5. The lowest BCUT2D eigenvalue weighted by molar-refractivity contribution is 0.519. The van der Waals surface area contributed by atoms with Crippen LogP contribution in [0.2, 0.25) is 0 Å². The summed E-state index contributed by atoms with van der Waals surface area (Å²) in [5.74, 6) is 1.58. The van der Waals surface area contributed by atoms with Crippen LogP contribution in [-0.2, 0) is 9.84 Å². The predicted octanol–water partition coefficient (Wildman–Crippen LogP) is 0.755. The Bertz CT molecular complexity index is 809. The molecule has 3 rings (SSSR count). The van der Waals surface area contributed by atoms with Gasteiger partial charge < -0.3 is 4.90 Å². The zero-order valence-corrected chi connectivity index (χ0v) is 13.5. The van der Waals surface area contributed by atoms with E-state index >= 15 is 0 Å². The summed E-state index contributed by atoms with van der Waals surface area (Å²) >= 11 is 0. The second kappa shape index (κ2) is 4.40. The Hall–Kier alpha value is -1.70. The molecule has 0 amide bonds. The first-order valence-corrected chi connectivity index (χ1v) is 8.52. The van der Waals surface area contributed by atoms with E-state index in [1.807, 2.05) is 13.8 Å². The van der Waals surface area contributed by atoms with Crippen LogP contribution in [0.1, 0.15) is 25.1 Å². The molecule has 1 aliphatic heterocycles. The Morgan fingerprint density at radius 2 is 2.00 bits per heavy atom. The van der Waals surface area contributed by atoms with Gasteiger partial charge in [-0.1, -0.05) is 0 Å². The van der Waals surface area contributed by atoms with Gasteiger partial charge in [-0.2, -0.15) is 14.6 Å². The maximum absolute atomic E-state index is 12.2. The molecule has 114 valence electrons. The molecular formula is C13H19N5O2S. The van der Waals surface area contributed by atoms with Gasteiger partial charge in [0, 0.05) is 24.3 Å². The summed E-state index contributed by atoms with van der Waals surface area (Å²) in [6, 6.07) is 0. The molecular weight excluding hydrogens is 290 g/mol. The van der Waals surface area contributed by atoms with Gasteiger partial charge in [0.15, 0.2) is 9.84 Å². The maximum atomic E-state index is 12.2. The first kappa shape index (κ1) is 14.2. The number of hydrogen-bond donors (Lipinski definition) is 0. The van der Waals surface area contributed by atoms with Gasteiger partial charge >= 0.3 is 0 Å². The summed E-state index contributed by atoms with van der Waals surface area (Å²) in [4.78, 5) is 10.6. The minimum Gasteiger partial charge on any atom is -0.354 e. The number of rotatable bonds is 1. The lowest BCUT2D eigenvalue weighted by Gasteiger charge is -2.39. The first-order valence-electron chi connectivity index (χ1n) is 6.87. The van der Waals surface area contributed by atoms with E-state index in [0.717, 1.165) is 17.1 Å². The molecule has 8 heteroatoms. The molecule has 0 unspecified atom stereocenters. The minimum absolute atomic E-state index is 0.150. The highest BCUT2D eigenvalue weighted by molar-refractivity contribution is 7.92. The number of hydrogen-bond acceptors (Lipinski definition) is 6. The van der Waals surface area contributed by atoms with Crippen molar-refractivity contribution in [2.24, 2.45) is 0 Å². The van der Waals surface area contributed by atoms with E-state index in [0.29, 0.717) is 18.9 Å². The molecule has 2 aromatic heterocycles. The molecule has 3 heterocycles. The second-order valence-electron chi connectivity index (χ2n) is 6.12. The van der Waals surface area contributed by atoms with Crippen molar-refractivity contribution in [2.75, 3.05) is 23.7 Å². The second-order valence-corrected chi connectivity index (χ2v) is 8.86. The van der Waals surface area contributed by atoms with Crippen LogP contribution in [0.25, 0.3) is 5.78 Å². The monoisotopic (exact) mass is 309 g/mol. The van der Waals surface area contributed by atoms with Crippen LogP contribution in [0.15, 0.2) is 6.33 Å². The van der Waals surface area contributed by atoms with Crippen molar-refractivity contribution in [2.45, 2.75) is 32.4 Å². The fraction of sp³-hybridized carbons (Fsp3) is 0.615. The average Bonchev–Trinajstić information content (AvgIpc) is 2.82. The largest absolute Gasteiger partial charge is 0.354 e. The van der Waals surface area contributed by atoms with Crippen LogP contribution in [0.4, 0.5) is 5.82 Å². The molecule has 1 aliphatic rings. The third-order valence-electron chi connectivity index (χ3n) is 4.22. The number of fused-ring (bicyclic) bond motifs is 1. The lowest BCUT2D eigenvalue weighted by Crippen LogP contribution is -2.53. The zero-order chi connectivity index (χ0) is 15.4. The quantitative estimate of drug-likeness (QED) is 0.773. The van der Waals surface area contributed by atoms with Crippen LogP contribution in [0.3, 0.4) is 0 Å². The van der Waals surface area contributed by atoms with Gasteiger partial charge in [-0.05, 0) is 27.7 Å². The van der Waals surface area contributed by atoms with Crippen molar-refractivity contribution < 1.29 is 8.42 Å². The van der Waals surface area contributed by atoms with Crippen molar-refractivity contribution in [1.82, 2.24) is 19.6 Å².